The highest BCUT2D eigenvalue weighted by Crippen LogP contribution is 2.52. The average molecular weight is 362 g/mol. The van der Waals surface area contributed by atoms with Crippen LogP contribution in [0.15, 0.2) is 22.9 Å². The van der Waals surface area contributed by atoms with Gasteiger partial charge in [0.1, 0.15) is 5.50 Å². The van der Waals surface area contributed by atoms with E-state index in [4.69, 9.17) is 11.6 Å². The minimum absolute atomic E-state index is 0.00564. The van der Waals surface area contributed by atoms with Gasteiger partial charge in [-0.15, -0.1) is 0 Å². The molecule has 2 atom stereocenters. The van der Waals surface area contributed by atoms with Crippen molar-refractivity contribution < 1.29 is 0 Å². The number of alkyl halides is 1. The first kappa shape index (κ1) is 20.4. The van der Waals surface area contributed by atoms with Crippen LogP contribution >= 0.6 is 11.6 Å². The zero-order valence-electron chi connectivity index (χ0n) is 17.5. The molecule has 0 aromatic rings. The van der Waals surface area contributed by atoms with Crippen molar-refractivity contribution in [3.05, 3.63) is 22.9 Å². The number of hydrogen-bond donors (Lipinski definition) is 0. The summed E-state index contributed by atoms with van der Waals surface area (Å²) < 4.78 is 0. The lowest BCUT2D eigenvalue weighted by atomic mass is 9.84. The highest BCUT2D eigenvalue weighted by atomic mass is 35.5. The molecule has 0 N–H and O–H groups in total. The summed E-state index contributed by atoms with van der Waals surface area (Å²) in [5.74, 6) is 7.71. The molecule has 1 aliphatic carbocycles. The van der Waals surface area contributed by atoms with Crippen molar-refractivity contribution in [3.8, 4) is 11.8 Å². The predicted octanol–water partition coefficient (Wildman–Crippen LogP) is 6.74. The van der Waals surface area contributed by atoms with Crippen molar-refractivity contribution in [1.29, 1.82) is 0 Å². The molecule has 2 unspecified atom stereocenters. The van der Waals surface area contributed by atoms with E-state index >= 15 is 0 Å². The minimum atomic E-state index is 0.00564. The third-order valence-corrected chi connectivity index (χ3v) is 6.68. The lowest BCUT2D eigenvalue weighted by molar-refractivity contribution is 0.205. The second-order valence-corrected chi connectivity index (χ2v) is 9.83. The maximum atomic E-state index is 7.09. The number of hydrogen-bond acceptors (Lipinski definition) is 1. The molecule has 0 saturated carbocycles. The monoisotopic (exact) mass is 361 g/mol. The highest BCUT2D eigenvalue weighted by molar-refractivity contribution is 6.21. The molecule has 1 saturated heterocycles. The zero-order chi connectivity index (χ0) is 19.0. The Kier molecular flexibility index (Phi) is 6.05. The van der Waals surface area contributed by atoms with Crippen molar-refractivity contribution in [2.24, 2.45) is 17.3 Å². The van der Waals surface area contributed by atoms with Gasteiger partial charge in [0.05, 0.1) is 0 Å². The zero-order valence-corrected chi connectivity index (χ0v) is 18.2. The summed E-state index contributed by atoms with van der Waals surface area (Å²) in [7, 11) is 0. The Morgan fingerprint density at radius 2 is 1.84 bits per heavy atom. The molecule has 0 aromatic carbocycles. The lowest BCUT2D eigenvalue weighted by Gasteiger charge is -2.42. The smallest absolute Gasteiger partial charge is 0.109 e. The summed E-state index contributed by atoms with van der Waals surface area (Å²) in [4.78, 5) is 2.54. The maximum Gasteiger partial charge on any atom is 0.109 e. The normalized spacial score (nSPS) is 26.7. The first-order chi connectivity index (χ1) is 11.5. The van der Waals surface area contributed by atoms with Crippen molar-refractivity contribution in [2.45, 2.75) is 92.1 Å². The molecule has 1 fully saturated rings. The number of allylic oxidation sites excluding steroid dienone is 3. The van der Waals surface area contributed by atoms with Gasteiger partial charge in [-0.2, -0.15) is 0 Å². The molecule has 0 amide bonds. The van der Waals surface area contributed by atoms with Gasteiger partial charge in [-0.1, -0.05) is 71.1 Å². The molecule has 2 heteroatoms. The molecule has 0 aromatic heterocycles. The summed E-state index contributed by atoms with van der Waals surface area (Å²) in [6, 6.07) is 0. The molecule has 1 aliphatic heterocycles. The van der Waals surface area contributed by atoms with Crippen LogP contribution in [0.2, 0.25) is 0 Å². The Balaban J connectivity index is 2.72. The van der Waals surface area contributed by atoms with Crippen LogP contribution in [0.5, 0.6) is 0 Å². The van der Waals surface area contributed by atoms with E-state index in [1.807, 2.05) is 0 Å². The van der Waals surface area contributed by atoms with Crippen LogP contribution in [-0.2, 0) is 0 Å². The summed E-state index contributed by atoms with van der Waals surface area (Å²) in [6.07, 6.45) is 6.31. The van der Waals surface area contributed by atoms with E-state index in [0.29, 0.717) is 11.8 Å². The first-order valence-corrected chi connectivity index (χ1v) is 10.3. The SMILES string of the molecule is CCC(C)C1=CCC#CCC(C(C)C)=C1N1C(Cl)C(C)(C)CC1(C)C. The molecule has 0 bridgehead atoms. The van der Waals surface area contributed by atoms with Crippen LogP contribution in [0, 0.1) is 29.1 Å². The number of nitrogens with zero attached hydrogens (tertiary/aromatic N) is 1. The molecule has 2 aliphatic rings. The average Bonchev–Trinajstić information content (AvgIpc) is 2.63. The molecule has 0 spiro atoms. The van der Waals surface area contributed by atoms with Crippen molar-refractivity contribution in [3.63, 3.8) is 0 Å². The summed E-state index contributed by atoms with van der Waals surface area (Å²) in [5.41, 5.74) is 4.45. The lowest BCUT2D eigenvalue weighted by Crippen LogP contribution is -2.43. The quantitative estimate of drug-likeness (QED) is 0.304. The molecule has 140 valence electrons. The Labute approximate surface area is 160 Å². The summed E-state index contributed by atoms with van der Waals surface area (Å²) in [5, 5.41) is 0. The van der Waals surface area contributed by atoms with Gasteiger partial charge in [0.2, 0.25) is 0 Å². The Bertz CT molecular complexity index is 624. The summed E-state index contributed by atoms with van der Waals surface area (Å²) in [6.45, 7) is 18.5. The fourth-order valence-corrected chi connectivity index (χ4v) is 4.98. The van der Waals surface area contributed by atoms with Gasteiger partial charge in [-0.25, -0.2) is 0 Å². The Morgan fingerprint density at radius 3 is 2.32 bits per heavy atom. The van der Waals surface area contributed by atoms with Crippen LogP contribution in [-0.4, -0.2) is 15.9 Å². The van der Waals surface area contributed by atoms with E-state index in [9.17, 15) is 0 Å². The molecule has 1 nitrogen and oxygen atoms in total. The van der Waals surface area contributed by atoms with Gasteiger partial charge in [0.15, 0.2) is 0 Å². The molecule has 0 radical (unpaired) electrons. The van der Waals surface area contributed by atoms with Crippen LogP contribution < -0.4 is 0 Å². The molecule has 2 rings (SSSR count). The van der Waals surface area contributed by atoms with E-state index in [0.717, 1.165) is 25.7 Å². The Hall–Kier alpha value is -0.870. The standard InChI is InChI=1S/C23H36ClN/c1-9-17(4)19-14-12-10-11-13-18(16(2)3)20(19)25-21(24)22(5,6)15-23(25,7)8/h14,16-17,21H,9,12-13,15H2,1-8H3. The number of rotatable bonds is 4. The highest BCUT2D eigenvalue weighted by Gasteiger charge is 2.51. The van der Waals surface area contributed by atoms with Crippen LogP contribution in [0.1, 0.15) is 81.1 Å². The second kappa shape index (κ2) is 7.40. The molecule has 1 heterocycles. The van der Waals surface area contributed by atoms with Crippen molar-refractivity contribution in [1.82, 2.24) is 4.90 Å². The largest absolute Gasteiger partial charge is 0.349 e. The molecular formula is C23H36ClN. The Morgan fingerprint density at radius 1 is 1.20 bits per heavy atom. The summed E-state index contributed by atoms with van der Waals surface area (Å²) >= 11 is 7.09. The van der Waals surface area contributed by atoms with Gasteiger partial charge in [-0.3, -0.25) is 0 Å². The molecular weight excluding hydrogens is 326 g/mol. The maximum absolute atomic E-state index is 7.09. The van der Waals surface area contributed by atoms with Gasteiger partial charge >= 0.3 is 0 Å². The first-order valence-electron chi connectivity index (χ1n) is 9.85. The van der Waals surface area contributed by atoms with Gasteiger partial charge in [-0.05, 0) is 49.7 Å². The van der Waals surface area contributed by atoms with Gasteiger partial charge in [0.25, 0.3) is 0 Å². The topological polar surface area (TPSA) is 3.24 Å². The van der Waals surface area contributed by atoms with Gasteiger partial charge in [0, 0.05) is 29.5 Å². The van der Waals surface area contributed by atoms with E-state index in [-0.39, 0.29) is 16.5 Å². The van der Waals surface area contributed by atoms with Crippen molar-refractivity contribution in [2.75, 3.05) is 0 Å². The van der Waals surface area contributed by atoms with E-state index < -0.39 is 0 Å². The van der Waals surface area contributed by atoms with Gasteiger partial charge < -0.3 is 4.90 Å². The van der Waals surface area contributed by atoms with E-state index in [1.54, 1.807) is 0 Å². The van der Waals surface area contributed by atoms with Crippen LogP contribution in [0.3, 0.4) is 0 Å². The fourth-order valence-electron chi connectivity index (χ4n) is 4.54. The van der Waals surface area contributed by atoms with Crippen LogP contribution in [0.25, 0.3) is 0 Å². The third kappa shape index (κ3) is 3.95. The number of likely N-dealkylation sites (tertiary alicyclic amines) is 1. The molecule has 25 heavy (non-hydrogen) atoms. The van der Waals surface area contributed by atoms with E-state index in [2.05, 4.69) is 78.2 Å². The number of halogens is 1. The van der Waals surface area contributed by atoms with Crippen molar-refractivity contribution >= 4 is 11.6 Å². The minimum Gasteiger partial charge on any atom is -0.349 e. The van der Waals surface area contributed by atoms with Crippen LogP contribution in [0.4, 0.5) is 0 Å². The third-order valence-electron chi connectivity index (χ3n) is 5.90. The van der Waals surface area contributed by atoms with E-state index in [1.165, 1.54) is 16.8 Å². The fraction of sp³-hybridized carbons (Fsp3) is 0.739. The second-order valence-electron chi connectivity index (χ2n) is 9.42. The predicted molar refractivity (Wildman–Crippen MR) is 110 cm³/mol.